The highest BCUT2D eigenvalue weighted by Crippen LogP contribution is 2.27. The summed E-state index contributed by atoms with van der Waals surface area (Å²) in [5.41, 5.74) is 0.929. The number of carbonyl (C=O) groups excluding carboxylic acids is 2. The first-order valence-electron chi connectivity index (χ1n) is 9.64. The molecule has 1 unspecified atom stereocenters. The molecule has 2 fully saturated rings. The summed E-state index contributed by atoms with van der Waals surface area (Å²) in [6.45, 7) is 4.50. The van der Waals surface area contributed by atoms with Crippen LogP contribution in [0.15, 0.2) is 29.3 Å². The fourth-order valence-corrected chi connectivity index (χ4v) is 4.21. The van der Waals surface area contributed by atoms with Crippen molar-refractivity contribution < 1.29 is 14.2 Å². The van der Waals surface area contributed by atoms with Gasteiger partial charge in [0.05, 0.1) is 19.6 Å². The lowest BCUT2D eigenvalue weighted by Gasteiger charge is -2.33. The first-order chi connectivity index (χ1) is 13.4. The third kappa shape index (κ3) is 3.07. The van der Waals surface area contributed by atoms with Crippen molar-refractivity contribution in [3.8, 4) is 0 Å². The molecule has 0 saturated carbocycles. The van der Waals surface area contributed by atoms with E-state index in [2.05, 4.69) is 11.5 Å². The summed E-state index contributed by atoms with van der Waals surface area (Å²) >= 11 is 6.40. The molecule has 0 radical (unpaired) electrons. The van der Waals surface area contributed by atoms with E-state index in [1.165, 1.54) is 16.8 Å². The molecule has 3 amide bonds. The minimum atomic E-state index is -0.613. The molecule has 3 aliphatic heterocycles. The van der Waals surface area contributed by atoms with Gasteiger partial charge >= 0.3 is 12.0 Å². The molecule has 0 bridgehead atoms. The lowest BCUT2D eigenvalue weighted by atomic mass is 10.0. The van der Waals surface area contributed by atoms with E-state index in [0.717, 1.165) is 37.5 Å². The fraction of sp³-hybridized carbons (Fsp3) is 0.500. The van der Waals surface area contributed by atoms with Crippen molar-refractivity contribution in [2.45, 2.75) is 32.4 Å². The minimum Gasteiger partial charge on any atom is -0.270 e. The maximum atomic E-state index is 13.0. The maximum Gasteiger partial charge on any atom is 0.392 e. The molecule has 1 aromatic carbocycles. The molecule has 4 rings (SSSR count). The van der Waals surface area contributed by atoms with Crippen LogP contribution in [0.5, 0.6) is 0 Å². The zero-order valence-corrected chi connectivity index (χ0v) is 17.2. The summed E-state index contributed by atoms with van der Waals surface area (Å²) in [5, 5.41) is 0.656. The van der Waals surface area contributed by atoms with E-state index in [1.54, 1.807) is 7.05 Å². The van der Waals surface area contributed by atoms with Crippen molar-refractivity contribution in [2.24, 2.45) is 10.9 Å². The number of piperidine rings is 1. The number of hydrogen-bond acceptors (Lipinski definition) is 2. The number of carbonyl (C=O) groups is 2. The third-order valence-electron chi connectivity index (χ3n) is 5.87. The zero-order valence-electron chi connectivity index (χ0n) is 16.4. The monoisotopic (exact) mass is 402 g/mol. The highest BCUT2D eigenvalue weighted by Gasteiger charge is 2.55. The number of likely N-dealkylation sites (N-methyl/N-ethyl adjacent to an activating group) is 2. The number of amides is 3. The van der Waals surface area contributed by atoms with E-state index in [4.69, 9.17) is 16.6 Å². The maximum absolute atomic E-state index is 13.0. The van der Waals surface area contributed by atoms with Gasteiger partial charge in [0, 0.05) is 24.7 Å². The van der Waals surface area contributed by atoms with Crippen molar-refractivity contribution in [2.75, 3.05) is 27.2 Å². The molecular formula is C20H25ClN5O2+. The summed E-state index contributed by atoms with van der Waals surface area (Å²) in [4.78, 5) is 34.9. The average Bonchev–Trinajstić information content (AvgIpc) is 3.06. The zero-order chi connectivity index (χ0) is 20.0. The van der Waals surface area contributed by atoms with E-state index < -0.39 is 6.04 Å². The largest absolute Gasteiger partial charge is 0.392 e. The molecule has 0 N–H and O–H groups in total. The Hall–Kier alpha value is -2.41. The number of fused-ring (bicyclic) bond motifs is 1. The van der Waals surface area contributed by atoms with Crippen LogP contribution >= 0.6 is 11.6 Å². The number of halogens is 1. The molecule has 0 aromatic heterocycles. The lowest BCUT2D eigenvalue weighted by molar-refractivity contribution is -0.545. The molecule has 3 aliphatic rings. The van der Waals surface area contributed by atoms with Crippen LogP contribution in [0.4, 0.5) is 4.79 Å². The summed E-state index contributed by atoms with van der Waals surface area (Å²) in [6.07, 6.45) is 2.17. The normalized spacial score (nSPS) is 25.4. The molecule has 148 valence electrons. The number of hydrogen-bond donors (Lipinski definition) is 0. The lowest BCUT2D eigenvalue weighted by Crippen LogP contribution is -2.62. The van der Waals surface area contributed by atoms with Crippen molar-refractivity contribution in [3.63, 3.8) is 0 Å². The van der Waals surface area contributed by atoms with E-state index in [0.29, 0.717) is 23.3 Å². The van der Waals surface area contributed by atoms with Crippen LogP contribution < -0.4 is 0 Å². The Bertz CT molecular complexity index is 886. The highest BCUT2D eigenvalue weighted by molar-refractivity contribution is 6.31. The molecule has 1 aromatic rings. The third-order valence-corrected chi connectivity index (χ3v) is 6.24. The van der Waals surface area contributed by atoms with E-state index in [-0.39, 0.29) is 11.9 Å². The number of nitrogens with zero attached hydrogens (tertiary/aromatic N) is 5. The van der Waals surface area contributed by atoms with E-state index >= 15 is 0 Å². The fourth-order valence-electron chi connectivity index (χ4n) is 4.02. The van der Waals surface area contributed by atoms with Gasteiger partial charge in [-0.15, -0.1) is 0 Å². The van der Waals surface area contributed by atoms with Crippen LogP contribution in [0.25, 0.3) is 0 Å². The van der Waals surface area contributed by atoms with Crippen molar-refractivity contribution in [3.05, 3.63) is 34.9 Å². The first kappa shape index (κ1) is 18.9. The van der Waals surface area contributed by atoms with E-state index in [1.807, 2.05) is 29.2 Å². The Morgan fingerprint density at radius 1 is 1.14 bits per heavy atom. The highest BCUT2D eigenvalue weighted by atomic mass is 35.5. The second-order valence-electron chi connectivity index (χ2n) is 7.80. The number of amidine groups is 1. The Labute approximate surface area is 169 Å². The van der Waals surface area contributed by atoms with Gasteiger partial charge in [-0.2, -0.15) is 0 Å². The van der Waals surface area contributed by atoms with Crippen LogP contribution in [-0.2, 0) is 11.3 Å². The summed E-state index contributed by atoms with van der Waals surface area (Å²) in [7, 11) is 3.19. The van der Waals surface area contributed by atoms with Crippen molar-refractivity contribution in [1.82, 2.24) is 14.7 Å². The molecule has 8 heteroatoms. The second kappa shape index (κ2) is 7.20. The van der Waals surface area contributed by atoms with Crippen molar-refractivity contribution in [1.29, 1.82) is 0 Å². The van der Waals surface area contributed by atoms with Crippen molar-refractivity contribution >= 4 is 35.3 Å². The predicted octanol–water partition coefficient (Wildman–Crippen LogP) is 2.24. The molecular weight excluding hydrogens is 378 g/mol. The topological polar surface area (TPSA) is 59.2 Å². The number of urea groups is 1. The molecule has 1 atom stereocenters. The van der Waals surface area contributed by atoms with Gasteiger partial charge in [-0.3, -0.25) is 19.2 Å². The van der Waals surface area contributed by atoms with Gasteiger partial charge in [-0.25, -0.2) is 9.69 Å². The summed E-state index contributed by atoms with van der Waals surface area (Å²) in [6, 6.07) is 6.67. The van der Waals surface area contributed by atoms with Crippen LogP contribution in [0.3, 0.4) is 0 Å². The Morgan fingerprint density at radius 2 is 1.82 bits per heavy atom. The molecule has 3 heterocycles. The summed E-state index contributed by atoms with van der Waals surface area (Å²) in [5.74, 6) is 1.68. The van der Waals surface area contributed by atoms with Crippen LogP contribution in [-0.4, -0.2) is 76.2 Å². The second-order valence-corrected chi connectivity index (χ2v) is 8.21. The average molecular weight is 403 g/mol. The standard InChI is InChI=1S/C20H25ClN5O2/c1-13-8-10-25(11-9-13)19-22-17-16(18(27)24(3)20(28)23(17)2)26(19)12-14-6-4-5-7-15(14)21/h4-7,13,16H,8-12H2,1-3H3/q+1. The Morgan fingerprint density at radius 3 is 2.50 bits per heavy atom. The number of aliphatic imine (C=N–C) groups is 1. The number of imide groups is 1. The number of guanidine groups is 1. The van der Waals surface area contributed by atoms with Gasteiger partial charge in [0.25, 0.3) is 5.91 Å². The summed E-state index contributed by atoms with van der Waals surface area (Å²) < 4.78 is 2.23. The molecule has 0 aliphatic carbocycles. The smallest absolute Gasteiger partial charge is 0.270 e. The van der Waals surface area contributed by atoms with Gasteiger partial charge in [0.15, 0.2) is 0 Å². The minimum absolute atomic E-state index is 0.255. The van der Waals surface area contributed by atoms with Gasteiger partial charge in [-0.05, 0) is 24.8 Å². The van der Waals surface area contributed by atoms with Crippen LogP contribution in [0, 0.1) is 5.92 Å². The Balaban J connectivity index is 1.78. The van der Waals surface area contributed by atoms with Gasteiger partial charge in [0.2, 0.25) is 11.9 Å². The van der Waals surface area contributed by atoms with Crippen LogP contribution in [0.2, 0.25) is 5.02 Å². The van der Waals surface area contributed by atoms with Gasteiger partial charge < -0.3 is 0 Å². The van der Waals surface area contributed by atoms with Gasteiger partial charge in [-0.1, -0.05) is 41.7 Å². The SMILES string of the molecule is CC1CC[N+](=C2N=C3C(C(=O)N(C)C(=O)N3C)N2Cc2ccccc2Cl)CC1. The van der Waals surface area contributed by atoms with E-state index in [9.17, 15) is 9.59 Å². The molecule has 7 nitrogen and oxygen atoms in total. The van der Waals surface area contributed by atoms with Crippen LogP contribution in [0.1, 0.15) is 25.3 Å². The quantitative estimate of drug-likeness (QED) is 0.713. The molecule has 0 spiro atoms. The number of rotatable bonds is 2. The molecule has 28 heavy (non-hydrogen) atoms. The first-order valence-corrected chi connectivity index (χ1v) is 10.0. The Kier molecular flexibility index (Phi) is 4.87. The number of benzene rings is 1. The molecule has 2 saturated heterocycles. The van der Waals surface area contributed by atoms with Gasteiger partial charge in [0.1, 0.15) is 0 Å². The predicted molar refractivity (Wildman–Crippen MR) is 108 cm³/mol.